The first-order valence-electron chi connectivity index (χ1n) is 3.06. The Morgan fingerprint density at radius 2 is 1.33 bits per heavy atom. The van der Waals surface area contributed by atoms with Crippen LogP contribution in [0.4, 0.5) is 0 Å². The van der Waals surface area contributed by atoms with Crippen molar-refractivity contribution in [1.82, 2.24) is 4.98 Å². The molecule has 0 spiro atoms. The van der Waals surface area contributed by atoms with Gasteiger partial charge in [-0.05, 0) is 12.1 Å². The van der Waals surface area contributed by atoms with E-state index in [1.165, 1.54) is 0 Å². The van der Waals surface area contributed by atoms with Crippen molar-refractivity contribution in [3.05, 3.63) is 49.5 Å². The predicted molar refractivity (Wildman–Crippen MR) is 49.0 cm³/mol. The van der Waals surface area contributed by atoms with Crippen LogP contribution in [0.1, 0.15) is 0 Å². The quantitative estimate of drug-likeness (QED) is 0.560. The number of aromatic nitrogens is 1. The Morgan fingerprint density at radius 1 is 0.917 bits per heavy atom. The summed E-state index contributed by atoms with van der Waals surface area (Å²) in [6.07, 6.45) is 3.50. The monoisotopic (exact) mass is 254 g/mol. The van der Waals surface area contributed by atoms with Crippen molar-refractivity contribution in [2.75, 3.05) is 13.1 Å². The number of rotatable bonds is 1. The van der Waals surface area contributed by atoms with Gasteiger partial charge in [-0.2, -0.15) is 13.1 Å². The Balaban J connectivity index is -0.000000124. The maximum absolute atomic E-state index is 6.26. The van der Waals surface area contributed by atoms with Crippen molar-refractivity contribution < 1.29 is 19.5 Å². The van der Waals surface area contributed by atoms with Crippen LogP contribution in [-0.2, 0) is 19.5 Å². The smallest absolute Gasteiger partial charge is 0.679 e. The van der Waals surface area contributed by atoms with E-state index in [0.29, 0.717) is 0 Å². The first-order valence-corrected chi connectivity index (χ1v) is 3.06. The van der Waals surface area contributed by atoms with E-state index in [4.69, 9.17) is 11.5 Å². The van der Waals surface area contributed by atoms with Crippen LogP contribution >= 0.6 is 0 Å². The van der Waals surface area contributed by atoms with E-state index in [1.807, 2.05) is 18.2 Å². The summed E-state index contributed by atoms with van der Waals surface area (Å²) in [5.41, 5.74) is 12.5. The van der Waals surface area contributed by atoms with E-state index in [1.54, 1.807) is 12.4 Å². The largest absolute Gasteiger partial charge is 3.00 e. The van der Waals surface area contributed by atoms with Crippen LogP contribution in [0, 0.1) is 7.43 Å². The summed E-state index contributed by atoms with van der Waals surface area (Å²) in [6, 6.07) is 5.72. The zero-order chi connectivity index (χ0) is 7.66. The number of hydrogen-bond donors (Lipinski definition) is 0. The zero-order valence-corrected chi connectivity index (χ0v) is 8.84. The van der Waals surface area contributed by atoms with Crippen LogP contribution in [0.2, 0.25) is 0 Å². The van der Waals surface area contributed by atoms with Gasteiger partial charge in [0.05, 0.1) is 0 Å². The fourth-order valence-corrected chi connectivity index (χ4v) is 0.313. The van der Waals surface area contributed by atoms with Gasteiger partial charge in [-0.3, -0.25) is 4.98 Å². The minimum Gasteiger partial charge on any atom is -0.679 e. The number of pyridine rings is 1. The van der Waals surface area contributed by atoms with Crippen molar-refractivity contribution in [1.29, 1.82) is 0 Å². The molecule has 0 atom stereocenters. The molecule has 1 aromatic heterocycles. The molecular formula is C8H14N3Ru. The number of nitrogens with zero attached hydrogens (tertiary/aromatic N) is 1. The van der Waals surface area contributed by atoms with Gasteiger partial charge in [-0.25, -0.2) is 0 Å². The van der Waals surface area contributed by atoms with Crippen LogP contribution in [0.15, 0.2) is 30.6 Å². The van der Waals surface area contributed by atoms with Gasteiger partial charge >= 0.3 is 19.5 Å². The van der Waals surface area contributed by atoms with Crippen molar-refractivity contribution in [2.24, 2.45) is 0 Å². The maximum Gasteiger partial charge on any atom is 3.00 e. The third-order valence-electron chi connectivity index (χ3n) is 0.691. The molecule has 69 valence electrons. The van der Waals surface area contributed by atoms with Gasteiger partial charge in [0.15, 0.2) is 0 Å². The molecule has 0 aliphatic heterocycles. The second-order valence-corrected chi connectivity index (χ2v) is 1.52. The van der Waals surface area contributed by atoms with Gasteiger partial charge in [-0.15, -0.1) is 0 Å². The minimum absolute atomic E-state index is 0. The van der Waals surface area contributed by atoms with Gasteiger partial charge in [0.1, 0.15) is 0 Å². The normalized spacial score (nSPS) is 6.50. The van der Waals surface area contributed by atoms with Crippen molar-refractivity contribution in [2.45, 2.75) is 0 Å². The molecule has 0 saturated carbocycles. The van der Waals surface area contributed by atoms with Crippen LogP contribution < -0.4 is 0 Å². The molecule has 3 nitrogen and oxygen atoms in total. The van der Waals surface area contributed by atoms with Crippen LogP contribution in [-0.4, -0.2) is 18.1 Å². The molecule has 0 amide bonds. The van der Waals surface area contributed by atoms with Gasteiger partial charge in [0, 0.05) is 12.4 Å². The summed E-state index contributed by atoms with van der Waals surface area (Å²) in [5.74, 6) is 0. The molecule has 1 rings (SSSR count). The maximum atomic E-state index is 6.26. The Labute approximate surface area is 87.3 Å². The molecule has 1 aromatic rings. The number of nitrogens with one attached hydrogen (secondary N) is 2. The molecule has 0 unspecified atom stereocenters. The SMILES string of the molecule is [CH3-].[NH-]CC[NH-].[Ru+3].c1ccncc1. The topological polar surface area (TPSA) is 60.5 Å². The molecule has 1 radical (unpaired) electrons. The van der Waals surface area contributed by atoms with Crippen molar-refractivity contribution >= 4 is 0 Å². The number of hydrogen-bond acceptors (Lipinski definition) is 1. The Bertz CT molecular complexity index is 106. The molecule has 0 aliphatic rings. The summed E-state index contributed by atoms with van der Waals surface area (Å²) >= 11 is 0. The second-order valence-electron chi connectivity index (χ2n) is 1.52. The molecule has 2 N–H and O–H groups in total. The van der Waals surface area contributed by atoms with E-state index >= 15 is 0 Å². The third kappa shape index (κ3) is 16.4. The Kier molecular flexibility index (Phi) is 25.0. The third-order valence-corrected chi connectivity index (χ3v) is 0.691. The van der Waals surface area contributed by atoms with Gasteiger partial charge in [0.2, 0.25) is 0 Å². The standard InChI is InChI=1S/C5H5N.C2H6N2.CH3.Ru/c1-2-4-6-5-3-1;3-1-2-4;;/h1-5H;3-4H,1-2H2;1H3;/q;-2;-1;+3. The zero-order valence-electron chi connectivity index (χ0n) is 7.10. The molecule has 0 saturated heterocycles. The van der Waals surface area contributed by atoms with Gasteiger partial charge in [0.25, 0.3) is 0 Å². The summed E-state index contributed by atoms with van der Waals surface area (Å²) in [5, 5.41) is 0. The summed E-state index contributed by atoms with van der Waals surface area (Å²) < 4.78 is 0. The van der Waals surface area contributed by atoms with Crippen molar-refractivity contribution in [3.8, 4) is 0 Å². The van der Waals surface area contributed by atoms with E-state index in [9.17, 15) is 0 Å². The second kappa shape index (κ2) is 17.0. The fourth-order valence-electron chi connectivity index (χ4n) is 0.313. The van der Waals surface area contributed by atoms with Crippen LogP contribution in [0.5, 0.6) is 0 Å². The van der Waals surface area contributed by atoms with Gasteiger partial charge < -0.3 is 18.9 Å². The molecule has 4 heteroatoms. The minimum atomic E-state index is 0. The van der Waals surface area contributed by atoms with E-state index in [2.05, 4.69) is 4.98 Å². The van der Waals surface area contributed by atoms with Gasteiger partial charge in [-0.1, -0.05) is 6.07 Å². The molecule has 0 fully saturated rings. The van der Waals surface area contributed by atoms with Crippen LogP contribution in [0.25, 0.3) is 11.5 Å². The Morgan fingerprint density at radius 3 is 1.42 bits per heavy atom. The summed E-state index contributed by atoms with van der Waals surface area (Å²) in [7, 11) is 0. The fraction of sp³-hybridized carbons (Fsp3) is 0.250. The molecular weight excluding hydrogens is 239 g/mol. The summed E-state index contributed by atoms with van der Waals surface area (Å²) in [4.78, 5) is 3.78. The predicted octanol–water partition coefficient (Wildman–Crippen LogP) is 2.62. The van der Waals surface area contributed by atoms with Crippen molar-refractivity contribution in [3.63, 3.8) is 0 Å². The van der Waals surface area contributed by atoms with E-state index < -0.39 is 0 Å². The Hall–Kier alpha value is -0.307. The molecule has 0 aliphatic carbocycles. The van der Waals surface area contributed by atoms with E-state index in [-0.39, 0.29) is 40.0 Å². The molecule has 12 heavy (non-hydrogen) atoms. The summed E-state index contributed by atoms with van der Waals surface area (Å²) in [6.45, 7) is 0.472. The van der Waals surface area contributed by atoms with Crippen LogP contribution in [0.3, 0.4) is 0 Å². The molecule has 1 heterocycles. The van der Waals surface area contributed by atoms with E-state index in [0.717, 1.165) is 0 Å². The average molecular weight is 253 g/mol. The first kappa shape index (κ1) is 17.7. The molecule has 0 bridgehead atoms. The first-order chi connectivity index (χ1) is 4.91. The average Bonchev–Trinajstić information content (AvgIpc) is 2.08. The molecule has 0 aromatic carbocycles.